The highest BCUT2D eigenvalue weighted by molar-refractivity contribution is 5.39. The van der Waals surface area contributed by atoms with E-state index in [1.807, 2.05) is 12.1 Å². The highest BCUT2D eigenvalue weighted by atomic mass is 16.6. The van der Waals surface area contributed by atoms with Gasteiger partial charge in [0.25, 0.3) is 5.69 Å². The topological polar surface area (TPSA) is 55.2 Å². The molecule has 1 N–H and O–H groups in total. The number of para-hydroxylation sites is 1. The fourth-order valence-corrected chi connectivity index (χ4v) is 1.43. The third-order valence-corrected chi connectivity index (χ3v) is 2.27. The molecule has 0 spiro atoms. The maximum Gasteiger partial charge on any atom is 0.273 e. The molecule has 1 aromatic rings. The Hall–Kier alpha value is -1.68. The molecule has 1 aromatic carbocycles. The Balaban J connectivity index is 2.47. The monoisotopic (exact) mass is 220 g/mol. The lowest BCUT2D eigenvalue weighted by atomic mass is 10.2. The summed E-state index contributed by atoms with van der Waals surface area (Å²) in [6.45, 7) is 5.02. The average molecular weight is 220 g/mol. The SMILES string of the molecule is C=CCCCNCc1ccccc1[N+](=O)[O-]. The van der Waals surface area contributed by atoms with Crippen LogP contribution in [0.1, 0.15) is 18.4 Å². The Morgan fingerprint density at radius 1 is 1.44 bits per heavy atom. The molecule has 0 saturated heterocycles. The number of allylic oxidation sites excluding steroid dienone is 1. The average Bonchev–Trinajstić information content (AvgIpc) is 2.29. The molecular weight excluding hydrogens is 204 g/mol. The summed E-state index contributed by atoms with van der Waals surface area (Å²) in [5, 5.41) is 13.9. The second-order valence-corrected chi connectivity index (χ2v) is 3.49. The number of hydrogen-bond donors (Lipinski definition) is 1. The maximum atomic E-state index is 10.7. The van der Waals surface area contributed by atoms with Crippen molar-refractivity contribution in [3.8, 4) is 0 Å². The fraction of sp³-hybridized carbons (Fsp3) is 0.333. The third kappa shape index (κ3) is 3.82. The zero-order valence-electron chi connectivity index (χ0n) is 9.19. The van der Waals surface area contributed by atoms with E-state index in [1.165, 1.54) is 6.07 Å². The van der Waals surface area contributed by atoms with Gasteiger partial charge in [0.15, 0.2) is 0 Å². The number of nitro benzene ring substituents is 1. The molecule has 0 heterocycles. The number of benzene rings is 1. The smallest absolute Gasteiger partial charge is 0.273 e. The largest absolute Gasteiger partial charge is 0.312 e. The van der Waals surface area contributed by atoms with E-state index in [1.54, 1.807) is 12.1 Å². The quantitative estimate of drug-likeness (QED) is 0.332. The molecule has 0 aromatic heterocycles. The lowest BCUT2D eigenvalue weighted by Crippen LogP contribution is -2.15. The van der Waals surface area contributed by atoms with Crippen LogP contribution < -0.4 is 5.32 Å². The van der Waals surface area contributed by atoms with E-state index in [0.717, 1.165) is 24.9 Å². The number of nitrogens with one attached hydrogen (secondary N) is 1. The molecule has 0 fully saturated rings. The molecule has 86 valence electrons. The van der Waals surface area contributed by atoms with Crippen molar-refractivity contribution in [1.29, 1.82) is 0 Å². The summed E-state index contributed by atoms with van der Waals surface area (Å²) in [7, 11) is 0. The van der Waals surface area contributed by atoms with E-state index in [2.05, 4.69) is 11.9 Å². The second-order valence-electron chi connectivity index (χ2n) is 3.49. The van der Waals surface area contributed by atoms with Crippen LogP contribution in [-0.2, 0) is 6.54 Å². The fourth-order valence-electron chi connectivity index (χ4n) is 1.43. The van der Waals surface area contributed by atoms with Gasteiger partial charge >= 0.3 is 0 Å². The Morgan fingerprint density at radius 2 is 2.19 bits per heavy atom. The predicted molar refractivity (Wildman–Crippen MR) is 64.2 cm³/mol. The number of nitro groups is 1. The first kappa shape index (κ1) is 12.4. The van der Waals surface area contributed by atoms with Crippen LogP contribution in [0.3, 0.4) is 0 Å². The van der Waals surface area contributed by atoms with Gasteiger partial charge in [-0.2, -0.15) is 0 Å². The summed E-state index contributed by atoms with van der Waals surface area (Å²) >= 11 is 0. The minimum Gasteiger partial charge on any atom is -0.312 e. The lowest BCUT2D eigenvalue weighted by molar-refractivity contribution is -0.385. The van der Waals surface area contributed by atoms with E-state index in [4.69, 9.17) is 0 Å². The molecule has 0 unspecified atom stereocenters. The summed E-state index contributed by atoms with van der Waals surface area (Å²) < 4.78 is 0. The van der Waals surface area contributed by atoms with E-state index in [9.17, 15) is 10.1 Å². The number of nitrogens with zero attached hydrogens (tertiary/aromatic N) is 1. The van der Waals surface area contributed by atoms with Crippen molar-refractivity contribution in [2.75, 3.05) is 6.54 Å². The van der Waals surface area contributed by atoms with Crippen LogP contribution in [0.25, 0.3) is 0 Å². The number of rotatable bonds is 7. The van der Waals surface area contributed by atoms with E-state index in [-0.39, 0.29) is 10.6 Å². The molecule has 0 aliphatic heterocycles. The molecule has 1 rings (SSSR count). The van der Waals surface area contributed by atoms with E-state index < -0.39 is 0 Å². The third-order valence-electron chi connectivity index (χ3n) is 2.27. The van der Waals surface area contributed by atoms with Crippen LogP contribution in [0.4, 0.5) is 5.69 Å². The van der Waals surface area contributed by atoms with Crippen LogP contribution in [0.2, 0.25) is 0 Å². The lowest BCUT2D eigenvalue weighted by Gasteiger charge is -2.04. The summed E-state index contributed by atoms with van der Waals surface area (Å²) in [6, 6.07) is 6.80. The van der Waals surface area contributed by atoms with Crippen LogP contribution in [0.5, 0.6) is 0 Å². The molecule has 0 aliphatic carbocycles. The predicted octanol–water partition coefficient (Wildman–Crippen LogP) is 2.65. The molecule has 0 aliphatic rings. The van der Waals surface area contributed by atoms with Gasteiger partial charge in [-0.3, -0.25) is 10.1 Å². The summed E-state index contributed by atoms with van der Waals surface area (Å²) in [6.07, 6.45) is 3.83. The van der Waals surface area contributed by atoms with Gasteiger partial charge in [-0.05, 0) is 19.4 Å². The molecular formula is C12H16N2O2. The van der Waals surface area contributed by atoms with Crippen molar-refractivity contribution in [3.05, 3.63) is 52.6 Å². The minimum atomic E-state index is -0.346. The van der Waals surface area contributed by atoms with Crippen molar-refractivity contribution in [3.63, 3.8) is 0 Å². The Bertz CT molecular complexity index is 364. The molecule has 0 saturated carbocycles. The van der Waals surface area contributed by atoms with Gasteiger partial charge < -0.3 is 5.32 Å². The van der Waals surface area contributed by atoms with E-state index >= 15 is 0 Å². The normalized spacial score (nSPS) is 10.0. The van der Waals surface area contributed by atoms with Crippen molar-refractivity contribution >= 4 is 5.69 Å². The second kappa shape index (κ2) is 6.74. The highest BCUT2D eigenvalue weighted by Crippen LogP contribution is 2.16. The molecule has 0 radical (unpaired) electrons. The molecule has 0 bridgehead atoms. The molecule has 4 heteroatoms. The van der Waals surface area contributed by atoms with Gasteiger partial charge in [-0.1, -0.05) is 24.3 Å². The van der Waals surface area contributed by atoms with E-state index in [0.29, 0.717) is 6.54 Å². The van der Waals surface area contributed by atoms with Gasteiger partial charge in [0.2, 0.25) is 0 Å². The number of unbranched alkanes of at least 4 members (excludes halogenated alkanes) is 1. The Labute approximate surface area is 95.1 Å². The van der Waals surface area contributed by atoms with Crippen molar-refractivity contribution in [2.24, 2.45) is 0 Å². The molecule has 4 nitrogen and oxygen atoms in total. The minimum absolute atomic E-state index is 0.179. The zero-order chi connectivity index (χ0) is 11.8. The van der Waals surface area contributed by atoms with Crippen LogP contribution in [-0.4, -0.2) is 11.5 Å². The molecule has 16 heavy (non-hydrogen) atoms. The zero-order valence-corrected chi connectivity index (χ0v) is 9.19. The first-order valence-electron chi connectivity index (χ1n) is 5.29. The van der Waals surface area contributed by atoms with Gasteiger partial charge in [-0.25, -0.2) is 0 Å². The standard InChI is InChI=1S/C12H16N2O2/c1-2-3-6-9-13-10-11-7-4-5-8-12(11)14(15)16/h2,4-5,7-8,13H,1,3,6,9-10H2. The van der Waals surface area contributed by atoms with Gasteiger partial charge in [0.05, 0.1) is 4.92 Å². The maximum absolute atomic E-state index is 10.7. The number of hydrogen-bond acceptors (Lipinski definition) is 3. The van der Waals surface area contributed by atoms with Gasteiger partial charge in [0.1, 0.15) is 0 Å². The first-order chi connectivity index (χ1) is 7.75. The summed E-state index contributed by atoms with van der Waals surface area (Å²) in [4.78, 5) is 10.4. The van der Waals surface area contributed by atoms with Crippen LogP contribution in [0, 0.1) is 10.1 Å². The first-order valence-corrected chi connectivity index (χ1v) is 5.29. The van der Waals surface area contributed by atoms with Crippen molar-refractivity contribution in [1.82, 2.24) is 5.32 Å². The molecule has 0 atom stereocenters. The van der Waals surface area contributed by atoms with Crippen molar-refractivity contribution < 1.29 is 4.92 Å². The van der Waals surface area contributed by atoms with Crippen LogP contribution in [0.15, 0.2) is 36.9 Å². The Kier molecular flexibility index (Phi) is 5.22. The summed E-state index contributed by atoms with van der Waals surface area (Å²) in [5.74, 6) is 0. The van der Waals surface area contributed by atoms with Gasteiger partial charge in [-0.15, -0.1) is 6.58 Å². The van der Waals surface area contributed by atoms with Crippen LogP contribution >= 0.6 is 0 Å². The Morgan fingerprint density at radius 3 is 2.88 bits per heavy atom. The van der Waals surface area contributed by atoms with Crippen molar-refractivity contribution in [2.45, 2.75) is 19.4 Å². The summed E-state index contributed by atoms with van der Waals surface area (Å²) in [5.41, 5.74) is 0.907. The molecule has 0 amide bonds. The highest BCUT2D eigenvalue weighted by Gasteiger charge is 2.10. The van der Waals surface area contributed by atoms with Gasteiger partial charge in [0, 0.05) is 18.2 Å².